The Bertz CT molecular complexity index is 659. The molecule has 2 heterocycles. The molecule has 0 aliphatic carbocycles. The van der Waals surface area contributed by atoms with Crippen LogP contribution in [0.25, 0.3) is 0 Å². The number of rotatable bonds is 7. The zero-order valence-corrected chi connectivity index (χ0v) is 15.7. The number of ether oxygens (including phenoxy) is 1. The van der Waals surface area contributed by atoms with Crippen LogP contribution < -0.4 is 5.73 Å². The summed E-state index contributed by atoms with van der Waals surface area (Å²) in [6.45, 7) is 2.51. The zero-order valence-electron chi connectivity index (χ0n) is 14.1. The summed E-state index contributed by atoms with van der Waals surface area (Å²) >= 11 is 1.50. The second kappa shape index (κ2) is 9.87. The Morgan fingerprint density at radius 1 is 1.36 bits per heavy atom. The molecule has 7 heteroatoms. The summed E-state index contributed by atoms with van der Waals surface area (Å²) in [6.07, 6.45) is 2.91. The van der Waals surface area contributed by atoms with Crippen molar-refractivity contribution in [3.05, 3.63) is 52.0 Å². The molecule has 5 nitrogen and oxygen atoms in total. The molecule has 0 bridgehead atoms. The fraction of sp³-hybridized carbons (Fsp3) is 0.444. The molecule has 2 N–H and O–H groups in total. The van der Waals surface area contributed by atoms with Gasteiger partial charge in [0.25, 0.3) is 5.91 Å². The Kier molecular flexibility index (Phi) is 7.84. The molecule has 1 aromatic heterocycles. The minimum absolute atomic E-state index is 0. The summed E-state index contributed by atoms with van der Waals surface area (Å²) in [5.41, 5.74) is 7.20. The maximum Gasteiger partial charge on any atom is 0.273 e. The van der Waals surface area contributed by atoms with E-state index in [1.54, 1.807) is 0 Å². The predicted octanol–water partition coefficient (Wildman–Crippen LogP) is 2.89. The molecule has 2 aromatic rings. The second-order valence-electron chi connectivity index (χ2n) is 5.97. The third kappa shape index (κ3) is 5.51. The lowest BCUT2D eigenvalue weighted by atomic mass is 10.1. The van der Waals surface area contributed by atoms with Gasteiger partial charge in [-0.15, -0.1) is 23.7 Å². The van der Waals surface area contributed by atoms with Gasteiger partial charge in [-0.05, 0) is 24.9 Å². The number of thiazole rings is 1. The van der Waals surface area contributed by atoms with Crippen LogP contribution in [0.5, 0.6) is 0 Å². The number of aromatic nitrogens is 1. The van der Waals surface area contributed by atoms with Gasteiger partial charge in [-0.1, -0.05) is 30.3 Å². The number of hydrogen-bond donors (Lipinski definition) is 1. The monoisotopic (exact) mass is 381 g/mol. The Labute approximate surface area is 158 Å². The van der Waals surface area contributed by atoms with E-state index in [-0.39, 0.29) is 24.4 Å². The SMILES string of the molecule is Cl.NCCc1nc(C(=O)N(Cc2ccccc2)CC2CCCO2)cs1. The van der Waals surface area contributed by atoms with Gasteiger partial charge in [-0.2, -0.15) is 0 Å². The summed E-state index contributed by atoms with van der Waals surface area (Å²) in [7, 11) is 0. The van der Waals surface area contributed by atoms with Gasteiger partial charge in [-0.25, -0.2) is 4.98 Å². The average Bonchev–Trinajstić information content (AvgIpc) is 3.27. The van der Waals surface area contributed by atoms with Crippen molar-refractivity contribution in [2.75, 3.05) is 19.7 Å². The van der Waals surface area contributed by atoms with Gasteiger partial charge in [0, 0.05) is 31.5 Å². The Hall–Kier alpha value is -1.47. The molecule has 1 fully saturated rings. The third-order valence-corrected chi connectivity index (χ3v) is 4.99. The van der Waals surface area contributed by atoms with Crippen LogP contribution in [0, 0.1) is 0 Å². The third-order valence-electron chi connectivity index (χ3n) is 4.08. The lowest BCUT2D eigenvalue weighted by molar-refractivity contribution is 0.0503. The van der Waals surface area contributed by atoms with Crippen molar-refractivity contribution in [3.8, 4) is 0 Å². The molecule has 3 rings (SSSR count). The molecule has 0 radical (unpaired) electrons. The van der Waals surface area contributed by atoms with E-state index in [0.29, 0.717) is 31.7 Å². The first-order valence-corrected chi connectivity index (χ1v) is 9.23. The molecular weight excluding hydrogens is 358 g/mol. The van der Waals surface area contributed by atoms with Crippen molar-refractivity contribution in [2.45, 2.75) is 31.9 Å². The number of nitrogens with two attached hydrogens (primary N) is 1. The van der Waals surface area contributed by atoms with Gasteiger partial charge in [0.2, 0.25) is 0 Å². The van der Waals surface area contributed by atoms with Crippen LogP contribution in [-0.2, 0) is 17.7 Å². The maximum absolute atomic E-state index is 12.9. The van der Waals surface area contributed by atoms with E-state index in [4.69, 9.17) is 10.5 Å². The highest BCUT2D eigenvalue weighted by Gasteiger charge is 2.25. The molecule has 1 aliphatic heterocycles. The molecule has 1 saturated heterocycles. The quantitative estimate of drug-likeness (QED) is 0.800. The van der Waals surface area contributed by atoms with Crippen LogP contribution in [0.3, 0.4) is 0 Å². The van der Waals surface area contributed by atoms with E-state index < -0.39 is 0 Å². The van der Waals surface area contributed by atoms with Crippen molar-refractivity contribution >= 4 is 29.7 Å². The largest absolute Gasteiger partial charge is 0.376 e. The number of halogens is 1. The van der Waals surface area contributed by atoms with Crippen molar-refractivity contribution in [2.24, 2.45) is 5.73 Å². The minimum atomic E-state index is -0.0334. The van der Waals surface area contributed by atoms with E-state index in [1.165, 1.54) is 11.3 Å². The lowest BCUT2D eigenvalue weighted by Gasteiger charge is -2.25. The minimum Gasteiger partial charge on any atom is -0.376 e. The van der Waals surface area contributed by atoms with Crippen molar-refractivity contribution in [1.82, 2.24) is 9.88 Å². The molecular formula is C18H24ClN3O2S. The van der Waals surface area contributed by atoms with Crippen LogP contribution in [0.2, 0.25) is 0 Å². The standard InChI is InChI=1S/C18H23N3O2S.ClH/c19-9-8-17-20-16(13-24-17)18(22)21(12-15-7-4-10-23-15)11-14-5-2-1-3-6-14;/h1-3,5-6,13,15H,4,7-12,19H2;1H. The summed E-state index contributed by atoms with van der Waals surface area (Å²) in [6, 6.07) is 10.0. The molecule has 1 amide bonds. The maximum atomic E-state index is 12.9. The lowest BCUT2D eigenvalue weighted by Crippen LogP contribution is -2.37. The number of benzene rings is 1. The van der Waals surface area contributed by atoms with Crippen LogP contribution in [-0.4, -0.2) is 41.6 Å². The number of carbonyl (C=O) groups excluding carboxylic acids is 1. The van der Waals surface area contributed by atoms with Gasteiger partial charge in [0.05, 0.1) is 11.1 Å². The van der Waals surface area contributed by atoms with Crippen LogP contribution in [0.4, 0.5) is 0 Å². The molecule has 0 spiro atoms. The summed E-state index contributed by atoms with van der Waals surface area (Å²) in [4.78, 5) is 19.2. The number of hydrogen-bond acceptors (Lipinski definition) is 5. The van der Waals surface area contributed by atoms with E-state index >= 15 is 0 Å². The summed E-state index contributed by atoms with van der Waals surface area (Å²) in [5, 5.41) is 2.75. The number of nitrogens with zero attached hydrogens (tertiary/aromatic N) is 2. The first-order chi connectivity index (χ1) is 11.8. The van der Waals surface area contributed by atoms with E-state index in [2.05, 4.69) is 4.98 Å². The van der Waals surface area contributed by atoms with Gasteiger partial charge in [-0.3, -0.25) is 4.79 Å². The molecule has 1 aliphatic rings. The highest BCUT2D eigenvalue weighted by atomic mass is 35.5. The highest BCUT2D eigenvalue weighted by Crippen LogP contribution is 2.18. The molecule has 0 saturated carbocycles. The van der Waals surface area contributed by atoms with Gasteiger partial charge in [0.15, 0.2) is 0 Å². The fourth-order valence-corrected chi connectivity index (χ4v) is 3.65. The predicted molar refractivity (Wildman–Crippen MR) is 102 cm³/mol. The molecule has 1 aromatic carbocycles. The van der Waals surface area contributed by atoms with Crippen LogP contribution in [0.1, 0.15) is 33.9 Å². The topological polar surface area (TPSA) is 68.5 Å². The number of carbonyl (C=O) groups is 1. The Morgan fingerprint density at radius 3 is 2.84 bits per heavy atom. The summed E-state index contributed by atoms with van der Waals surface area (Å²) < 4.78 is 5.72. The zero-order chi connectivity index (χ0) is 16.8. The molecule has 25 heavy (non-hydrogen) atoms. The Morgan fingerprint density at radius 2 is 2.16 bits per heavy atom. The van der Waals surface area contributed by atoms with Gasteiger partial charge in [0.1, 0.15) is 5.69 Å². The second-order valence-corrected chi connectivity index (χ2v) is 6.91. The van der Waals surface area contributed by atoms with Crippen LogP contribution in [0.15, 0.2) is 35.7 Å². The van der Waals surface area contributed by atoms with E-state index in [0.717, 1.165) is 30.0 Å². The van der Waals surface area contributed by atoms with Crippen molar-refractivity contribution in [1.29, 1.82) is 0 Å². The van der Waals surface area contributed by atoms with Crippen molar-refractivity contribution < 1.29 is 9.53 Å². The first kappa shape index (κ1) is 19.8. The smallest absolute Gasteiger partial charge is 0.273 e. The van der Waals surface area contributed by atoms with Gasteiger partial charge >= 0.3 is 0 Å². The number of amides is 1. The summed E-state index contributed by atoms with van der Waals surface area (Å²) in [5.74, 6) is -0.0334. The van der Waals surface area contributed by atoms with E-state index in [1.807, 2.05) is 40.6 Å². The van der Waals surface area contributed by atoms with Crippen molar-refractivity contribution in [3.63, 3.8) is 0 Å². The first-order valence-electron chi connectivity index (χ1n) is 8.35. The fourth-order valence-electron chi connectivity index (χ4n) is 2.87. The van der Waals surface area contributed by atoms with Gasteiger partial charge < -0.3 is 15.4 Å². The molecule has 1 atom stereocenters. The normalized spacial score (nSPS) is 16.4. The average molecular weight is 382 g/mol. The highest BCUT2D eigenvalue weighted by molar-refractivity contribution is 7.09. The molecule has 1 unspecified atom stereocenters. The van der Waals surface area contributed by atoms with E-state index in [9.17, 15) is 4.79 Å². The Balaban J connectivity index is 0.00000225. The molecule has 136 valence electrons. The van der Waals surface area contributed by atoms with Crippen LogP contribution >= 0.6 is 23.7 Å².